The minimum Gasteiger partial charge on any atom is -0.311 e. The predicted molar refractivity (Wildman–Crippen MR) is 194 cm³/mol. The van der Waals surface area contributed by atoms with Crippen LogP contribution in [-0.4, -0.2) is 8.75 Å². The lowest BCUT2D eigenvalue weighted by molar-refractivity contribution is 1.28. The molecular weight excluding hydrogens is 593 g/mol. The van der Waals surface area contributed by atoms with Crippen molar-refractivity contribution in [1.82, 2.24) is 8.75 Å². The second-order valence-corrected chi connectivity index (χ2v) is 11.6. The molecule has 1 aliphatic rings. The molecule has 0 spiro atoms. The van der Waals surface area contributed by atoms with Crippen LogP contribution in [0.4, 0.5) is 34.1 Å². The van der Waals surface area contributed by atoms with Crippen molar-refractivity contribution in [2.75, 3.05) is 9.80 Å². The highest BCUT2D eigenvalue weighted by molar-refractivity contribution is 6.99. The van der Waals surface area contributed by atoms with Crippen LogP contribution in [0, 0.1) is 0 Å². The summed E-state index contributed by atoms with van der Waals surface area (Å²) in [5.74, 6) is 0. The van der Waals surface area contributed by atoms with Gasteiger partial charge in [-0.3, -0.25) is 0 Å². The van der Waals surface area contributed by atoms with Crippen molar-refractivity contribution in [3.05, 3.63) is 204 Å². The van der Waals surface area contributed by atoms with Gasteiger partial charge in [-0.25, -0.2) is 0 Å². The first kappa shape index (κ1) is 28.3. The maximum Gasteiger partial charge on any atom is 0.122 e. The molecule has 1 heterocycles. The van der Waals surface area contributed by atoms with Gasteiger partial charge in [-0.15, -0.1) is 0 Å². The molecule has 0 amide bonds. The Morgan fingerprint density at radius 2 is 0.617 bits per heavy atom. The van der Waals surface area contributed by atoms with Crippen molar-refractivity contribution >= 4 is 57.0 Å². The van der Waals surface area contributed by atoms with Gasteiger partial charge in [-0.2, -0.15) is 8.75 Å². The van der Waals surface area contributed by atoms with E-state index in [-0.39, 0.29) is 0 Å². The molecule has 1 aliphatic carbocycles. The standard InChI is InChI=1S/C42H28N4S/c1-5-13-33(14-6-1)45(34-15-7-2-8-16-34)37-25-21-31(22-26-37)39-29-30-40(42-41(39)43-47-44-42)32-23-27-38(28-24-32)46(35-17-9-3-10-18-35)36-19-11-4-12-20-36/h1-28H. The van der Waals surface area contributed by atoms with Crippen molar-refractivity contribution in [3.8, 4) is 0 Å². The predicted octanol–water partition coefficient (Wildman–Crippen LogP) is 11.1. The maximum absolute atomic E-state index is 4.72. The summed E-state index contributed by atoms with van der Waals surface area (Å²) < 4.78 is 9.44. The van der Waals surface area contributed by atoms with Gasteiger partial charge in [-0.05, 0) is 83.9 Å². The molecule has 4 nitrogen and oxygen atoms in total. The van der Waals surface area contributed by atoms with Crippen molar-refractivity contribution < 1.29 is 0 Å². The average molecular weight is 621 g/mol. The van der Waals surface area contributed by atoms with Gasteiger partial charge in [0.2, 0.25) is 0 Å². The number of benzene rings is 6. The molecule has 0 radical (unpaired) electrons. The number of nitrogens with zero attached hydrogens (tertiary/aromatic N) is 4. The number of para-hydroxylation sites is 4. The molecule has 5 heteroatoms. The van der Waals surface area contributed by atoms with Gasteiger partial charge in [0, 0.05) is 34.1 Å². The second-order valence-electron chi connectivity index (χ2n) is 11.1. The van der Waals surface area contributed by atoms with Gasteiger partial charge >= 0.3 is 0 Å². The molecule has 0 saturated carbocycles. The van der Waals surface area contributed by atoms with Crippen molar-refractivity contribution in [3.63, 3.8) is 0 Å². The topological polar surface area (TPSA) is 32.3 Å². The summed E-state index contributed by atoms with van der Waals surface area (Å²) in [6.07, 6.45) is 0. The largest absolute Gasteiger partial charge is 0.311 e. The van der Waals surface area contributed by atoms with E-state index in [0.717, 1.165) is 67.8 Å². The summed E-state index contributed by atoms with van der Waals surface area (Å²) in [6.45, 7) is 0. The van der Waals surface area contributed by atoms with E-state index in [4.69, 9.17) is 8.75 Å². The Labute approximate surface area is 278 Å². The van der Waals surface area contributed by atoms with Gasteiger partial charge < -0.3 is 9.80 Å². The summed E-state index contributed by atoms with van der Waals surface area (Å²) in [5, 5.41) is 0. The summed E-state index contributed by atoms with van der Waals surface area (Å²) in [6, 6.07) is 58.8. The maximum atomic E-state index is 4.72. The molecule has 7 aromatic rings. The molecule has 0 N–H and O–H groups in total. The summed E-state index contributed by atoms with van der Waals surface area (Å²) in [7, 11) is 0. The average Bonchev–Trinajstić information content (AvgIpc) is 3.65. The minimum atomic E-state index is 0.832. The third kappa shape index (κ3) is 5.59. The zero-order valence-electron chi connectivity index (χ0n) is 25.4. The van der Waals surface area contributed by atoms with Crippen LogP contribution in [0.25, 0.3) is 11.1 Å². The van der Waals surface area contributed by atoms with E-state index >= 15 is 0 Å². The van der Waals surface area contributed by atoms with E-state index in [1.54, 1.807) is 0 Å². The lowest BCUT2D eigenvalue weighted by Gasteiger charge is -2.25. The van der Waals surface area contributed by atoms with Crippen molar-refractivity contribution in [2.24, 2.45) is 0 Å². The van der Waals surface area contributed by atoms with Crippen molar-refractivity contribution in [2.45, 2.75) is 0 Å². The number of rotatable bonds is 8. The van der Waals surface area contributed by atoms with Crippen LogP contribution >= 0.6 is 11.7 Å². The van der Waals surface area contributed by atoms with Crippen LogP contribution in [0.3, 0.4) is 0 Å². The normalized spacial score (nSPS) is 11.7. The summed E-state index contributed by atoms with van der Waals surface area (Å²) in [5.41, 5.74) is 18.9. The molecule has 1 aromatic heterocycles. The number of aromatic nitrogens is 2. The number of anilines is 6. The molecule has 0 saturated heterocycles. The molecule has 8 rings (SSSR count). The molecule has 0 atom stereocenters. The molecule has 0 fully saturated rings. The van der Waals surface area contributed by atoms with Crippen LogP contribution in [0.1, 0.15) is 22.5 Å². The summed E-state index contributed by atoms with van der Waals surface area (Å²) >= 11 is 1.22. The smallest absolute Gasteiger partial charge is 0.122 e. The third-order valence-electron chi connectivity index (χ3n) is 8.16. The lowest BCUT2D eigenvalue weighted by atomic mass is 9.93. The zero-order chi connectivity index (χ0) is 31.4. The number of fused-ring (bicyclic) bond motifs is 1. The van der Waals surface area contributed by atoms with Gasteiger partial charge in [0.1, 0.15) is 11.4 Å². The highest BCUT2D eigenvalue weighted by atomic mass is 32.1. The first-order valence-corrected chi connectivity index (χ1v) is 16.2. The minimum absolute atomic E-state index is 0.832. The van der Waals surface area contributed by atoms with E-state index in [1.807, 2.05) is 24.3 Å². The molecule has 47 heavy (non-hydrogen) atoms. The van der Waals surface area contributed by atoms with Gasteiger partial charge in [0.15, 0.2) is 0 Å². The van der Waals surface area contributed by atoms with Gasteiger partial charge in [0.05, 0.1) is 22.9 Å². The van der Waals surface area contributed by atoms with Crippen LogP contribution in [0.2, 0.25) is 0 Å². The van der Waals surface area contributed by atoms with E-state index in [2.05, 4.69) is 167 Å². The Kier molecular flexibility index (Phi) is 7.61. The van der Waals surface area contributed by atoms with E-state index < -0.39 is 0 Å². The van der Waals surface area contributed by atoms with E-state index in [1.165, 1.54) is 11.7 Å². The first-order chi connectivity index (χ1) is 23.3. The van der Waals surface area contributed by atoms with Crippen LogP contribution in [0.15, 0.2) is 181 Å². The van der Waals surface area contributed by atoms with Crippen LogP contribution in [0.5, 0.6) is 0 Å². The fourth-order valence-electron chi connectivity index (χ4n) is 5.93. The SMILES string of the molecule is C1=C=C(c2ccc(N(c3ccccc3)c3ccccc3)cc2)c2nsnc2C=1c1ccc(N(c2ccccc2)c2ccccc2)cc1. The molecule has 0 bridgehead atoms. The van der Waals surface area contributed by atoms with Crippen LogP contribution < -0.4 is 9.80 Å². The fraction of sp³-hybridized carbons (Fsp3) is 0. The Bertz CT molecular complexity index is 1990. The number of hydrogen-bond acceptors (Lipinski definition) is 5. The highest BCUT2D eigenvalue weighted by Crippen LogP contribution is 2.39. The lowest BCUT2D eigenvalue weighted by Crippen LogP contribution is -2.09. The fourth-order valence-corrected chi connectivity index (χ4v) is 6.49. The van der Waals surface area contributed by atoms with Crippen LogP contribution in [-0.2, 0) is 0 Å². The Morgan fingerprint density at radius 3 is 0.915 bits per heavy atom. The second kappa shape index (κ2) is 12.6. The molecule has 0 unspecified atom stereocenters. The summed E-state index contributed by atoms with van der Waals surface area (Å²) in [4.78, 5) is 4.51. The van der Waals surface area contributed by atoms with E-state index in [0.29, 0.717) is 0 Å². The quantitative estimate of drug-likeness (QED) is 0.158. The van der Waals surface area contributed by atoms with Gasteiger partial charge in [0.25, 0.3) is 0 Å². The number of hydrogen-bond donors (Lipinski definition) is 0. The first-order valence-electron chi connectivity index (χ1n) is 15.4. The Balaban J connectivity index is 1.14. The van der Waals surface area contributed by atoms with Crippen molar-refractivity contribution in [1.29, 1.82) is 0 Å². The molecule has 0 aliphatic heterocycles. The molecular formula is C42H28N4S. The highest BCUT2D eigenvalue weighted by Gasteiger charge is 2.23. The van der Waals surface area contributed by atoms with E-state index in [9.17, 15) is 0 Å². The monoisotopic (exact) mass is 620 g/mol. The third-order valence-corrected chi connectivity index (χ3v) is 8.69. The van der Waals surface area contributed by atoms with Gasteiger partial charge in [-0.1, -0.05) is 109 Å². The zero-order valence-corrected chi connectivity index (χ0v) is 26.2. The Hall–Kier alpha value is -6.22. The molecule has 6 aromatic carbocycles. The Morgan fingerprint density at radius 1 is 0.340 bits per heavy atom. The molecule has 222 valence electrons.